The maximum atomic E-state index is 13.5. The number of benzene rings is 1. The highest BCUT2D eigenvalue weighted by Crippen LogP contribution is 2.10. The van der Waals surface area contributed by atoms with Gasteiger partial charge in [0.2, 0.25) is 0 Å². The summed E-state index contributed by atoms with van der Waals surface area (Å²) >= 11 is 0. The van der Waals surface area contributed by atoms with E-state index in [1.807, 2.05) is 0 Å². The molecule has 0 atom stereocenters. The third kappa shape index (κ3) is 6.10. The van der Waals surface area contributed by atoms with Gasteiger partial charge in [0.1, 0.15) is 5.82 Å². The van der Waals surface area contributed by atoms with E-state index in [-0.39, 0.29) is 5.56 Å². The zero-order valence-corrected chi connectivity index (χ0v) is 11.5. The molecule has 0 bridgehead atoms. The van der Waals surface area contributed by atoms with E-state index in [0.29, 0.717) is 38.5 Å². The summed E-state index contributed by atoms with van der Waals surface area (Å²) in [5.74, 6) is -1.46. The van der Waals surface area contributed by atoms with E-state index < -0.39 is 11.8 Å². The molecule has 0 aliphatic heterocycles. The van der Waals surface area contributed by atoms with Crippen LogP contribution in [0, 0.1) is 5.82 Å². The van der Waals surface area contributed by atoms with Crippen LogP contribution in [0.3, 0.4) is 0 Å². The Labute approximate surface area is 117 Å². The Morgan fingerprint density at radius 2 is 2.15 bits per heavy atom. The predicted octanol–water partition coefficient (Wildman–Crippen LogP) is 1.67. The van der Waals surface area contributed by atoms with Crippen molar-refractivity contribution in [1.82, 2.24) is 5.32 Å². The van der Waals surface area contributed by atoms with E-state index in [2.05, 4.69) is 5.32 Å². The summed E-state index contributed by atoms with van der Waals surface area (Å²) in [6.07, 6.45) is 0.796. The lowest BCUT2D eigenvalue weighted by Gasteiger charge is -2.07. The molecule has 0 aliphatic carbocycles. The van der Waals surface area contributed by atoms with E-state index in [4.69, 9.17) is 14.6 Å². The lowest BCUT2D eigenvalue weighted by atomic mass is 10.1. The quantitative estimate of drug-likeness (QED) is 0.640. The summed E-state index contributed by atoms with van der Waals surface area (Å²) in [4.78, 5) is 10.8. The van der Waals surface area contributed by atoms with Crippen LogP contribution in [-0.4, -0.2) is 44.6 Å². The van der Waals surface area contributed by atoms with Crippen molar-refractivity contribution in [2.75, 3.05) is 33.5 Å². The molecule has 112 valence electrons. The molecule has 0 unspecified atom stereocenters. The molecule has 0 fully saturated rings. The van der Waals surface area contributed by atoms with Crippen LogP contribution in [0.25, 0.3) is 0 Å². The molecular weight excluding hydrogens is 265 g/mol. The molecule has 1 aromatic carbocycles. The largest absolute Gasteiger partial charge is 0.478 e. The first-order valence-electron chi connectivity index (χ1n) is 6.44. The van der Waals surface area contributed by atoms with Crippen LogP contribution in [0.5, 0.6) is 0 Å². The molecule has 1 rings (SSSR count). The summed E-state index contributed by atoms with van der Waals surface area (Å²) in [7, 11) is 1.62. The highest BCUT2D eigenvalue weighted by Gasteiger charge is 2.07. The molecule has 0 aliphatic rings. The van der Waals surface area contributed by atoms with E-state index in [1.54, 1.807) is 7.11 Å². The highest BCUT2D eigenvalue weighted by atomic mass is 19.1. The number of hydrogen-bond acceptors (Lipinski definition) is 4. The number of carboxylic acid groups (broad SMARTS) is 1. The SMILES string of the molecule is COCCOCCCNCc1cc(C(=O)O)ccc1F. The Bertz CT molecular complexity index is 426. The van der Waals surface area contributed by atoms with Crippen LogP contribution in [0.1, 0.15) is 22.3 Å². The molecule has 0 spiro atoms. The first-order chi connectivity index (χ1) is 9.65. The molecule has 2 N–H and O–H groups in total. The van der Waals surface area contributed by atoms with E-state index in [0.717, 1.165) is 6.42 Å². The Kier molecular flexibility index (Phi) is 7.79. The highest BCUT2D eigenvalue weighted by molar-refractivity contribution is 5.87. The minimum absolute atomic E-state index is 0.0890. The van der Waals surface area contributed by atoms with Crippen LogP contribution in [0.4, 0.5) is 4.39 Å². The fourth-order valence-electron chi connectivity index (χ4n) is 1.61. The van der Waals surface area contributed by atoms with Crippen LogP contribution >= 0.6 is 0 Å². The topological polar surface area (TPSA) is 67.8 Å². The zero-order chi connectivity index (χ0) is 14.8. The number of methoxy groups -OCH3 is 1. The van der Waals surface area contributed by atoms with Crippen LogP contribution in [-0.2, 0) is 16.0 Å². The number of rotatable bonds is 10. The van der Waals surface area contributed by atoms with Gasteiger partial charge in [-0.1, -0.05) is 0 Å². The summed E-state index contributed by atoms with van der Waals surface area (Å²) in [5.41, 5.74) is 0.441. The van der Waals surface area contributed by atoms with Crippen LogP contribution in [0.2, 0.25) is 0 Å². The maximum absolute atomic E-state index is 13.5. The average molecular weight is 285 g/mol. The van der Waals surface area contributed by atoms with Gasteiger partial charge in [-0.15, -0.1) is 0 Å². The summed E-state index contributed by atoms with van der Waals surface area (Å²) in [5, 5.41) is 11.9. The predicted molar refractivity (Wildman–Crippen MR) is 72.4 cm³/mol. The van der Waals surface area contributed by atoms with Crippen LogP contribution in [0.15, 0.2) is 18.2 Å². The monoisotopic (exact) mass is 285 g/mol. The van der Waals surface area contributed by atoms with Gasteiger partial charge in [0.05, 0.1) is 18.8 Å². The number of nitrogens with one attached hydrogen (secondary N) is 1. The molecule has 0 aromatic heterocycles. The smallest absolute Gasteiger partial charge is 0.335 e. The van der Waals surface area contributed by atoms with Gasteiger partial charge in [-0.05, 0) is 31.2 Å². The van der Waals surface area contributed by atoms with Crippen molar-refractivity contribution in [2.24, 2.45) is 0 Å². The van der Waals surface area contributed by atoms with Crippen molar-refractivity contribution < 1.29 is 23.8 Å². The molecule has 0 saturated carbocycles. The molecule has 20 heavy (non-hydrogen) atoms. The van der Waals surface area contributed by atoms with Gasteiger partial charge in [-0.2, -0.15) is 0 Å². The molecular formula is C14H20FNO4. The number of hydrogen-bond donors (Lipinski definition) is 2. The van der Waals surface area contributed by atoms with Crippen LogP contribution < -0.4 is 5.32 Å². The Morgan fingerprint density at radius 1 is 1.35 bits per heavy atom. The molecule has 6 heteroatoms. The summed E-state index contributed by atoms with van der Waals surface area (Å²) in [6.45, 7) is 2.70. The van der Waals surface area contributed by atoms with Crippen molar-refractivity contribution in [3.05, 3.63) is 35.1 Å². The molecule has 0 radical (unpaired) electrons. The number of carbonyl (C=O) groups is 1. The second-order valence-corrected chi connectivity index (χ2v) is 4.25. The lowest BCUT2D eigenvalue weighted by Crippen LogP contribution is -2.18. The fraction of sp³-hybridized carbons (Fsp3) is 0.500. The zero-order valence-electron chi connectivity index (χ0n) is 11.5. The molecule has 0 amide bonds. The van der Waals surface area contributed by atoms with Gasteiger partial charge < -0.3 is 19.9 Å². The van der Waals surface area contributed by atoms with Crippen molar-refractivity contribution in [1.29, 1.82) is 0 Å². The van der Waals surface area contributed by atoms with Gasteiger partial charge in [0.25, 0.3) is 0 Å². The van der Waals surface area contributed by atoms with E-state index in [9.17, 15) is 9.18 Å². The normalized spacial score (nSPS) is 10.7. The van der Waals surface area contributed by atoms with Gasteiger partial charge in [0.15, 0.2) is 0 Å². The Hall–Kier alpha value is -1.50. The van der Waals surface area contributed by atoms with Crippen molar-refractivity contribution in [2.45, 2.75) is 13.0 Å². The number of ether oxygens (including phenoxy) is 2. The standard InChI is InChI=1S/C14H20FNO4/c1-19-7-8-20-6-2-5-16-10-12-9-11(14(17)18)3-4-13(12)15/h3-4,9,16H,2,5-8,10H2,1H3,(H,17,18). The van der Waals surface area contributed by atoms with E-state index in [1.165, 1.54) is 18.2 Å². The minimum Gasteiger partial charge on any atom is -0.478 e. The third-order valence-corrected chi connectivity index (χ3v) is 2.68. The Balaban J connectivity index is 2.24. The first-order valence-corrected chi connectivity index (χ1v) is 6.44. The van der Waals surface area contributed by atoms with Crippen molar-refractivity contribution >= 4 is 5.97 Å². The number of aromatic carboxylic acids is 1. The fourth-order valence-corrected chi connectivity index (χ4v) is 1.61. The van der Waals surface area contributed by atoms with Gasteiger partial charge in [0, 0.05) is 25.8 Å². The van der Waals surface area contributed by atoms with E-state index >= 15 is 0 Å². The lowest BCUT2D eigenvalue weighted by molar-refractivity contribution is 0.0694. The second kappa shape index (κ2) is 9.41. The third-order valence-electron chi connectivity index (χ3n) is 2.68. The van der Waals surface area contributed by atoms with Crippen molar-refractivity contribution in [3.8, 4) is 0 Å². The molecule has 0 heterocycles. The number of halogens is 1. The molecule has 0 saturated heterocycles. The average Bonchev–Trinajstić information content (AvgIpc) is 2.43. The summed E-state index contributed by atoms with van der Waals surface area (Å²) in [6, 6.07) is 3.78. The molecule has 5 nitrogen and oxygen atoms in total. The summed E-state index contributed by atoms with van der Waals surface area (Å²) < 4.78 is 23.6. The van der Waals surface area contributed by atoms with Gasteiger partial charge >= 0.3 is 5.97 Å². The molecule has 1 aromatic rings. The minimum atomic E-state index is -1.06. The van der Waals surface area contributed by atoms with Crippen molar-refractivity contribution in [3.63, 3.8) is 0 Å². The Morgan fingerprint density at radius 3 is 2.85 bits per heavy atom. The van der Waals surface area contributed by atoms with Gasteiger partial charge in [-0.25, -0.2) is 9.18 Å². The second-order valence-electron chi connectivity index (χ2n) is 4.25. The first kappa shape index (κ1) is 16.6. The van der Waals surface area contributed by atoms with Gasteiger partial charge in [-0.3, -0.25) is 0 Å². The maximum Gasteiger partial charge on any atom is 0.335 e. The number of carboxylic acids is 1.